The molecule has 1 aromatic heterocycles. The number of para-hydroxylation sites is 1. The summed E-state index contributed by atoms with van der Waals surface area (Å²) in [5.41, 5.74) is 2.09. The molecule has 0 aliphatic rings. The number of aryl methyl sites for hydroxylation is 1. The van der Waals surface area contributed by atoms with Crippen LogP contribution in [0.4, 0.5) is 13.2 Å². The highest BCUT2D eigenvalue weighted by Gasteiger charge is 2.31. The van der Waals surface area contributed by atoms with Gasteiger partial charge in [0.2, 0.25) is 0 Å². The first-order valence-corrected chi connectivity index (χ1v) is 8.27. The predicted octanol–water partition coefficient (Wildman–Crippen LogP) is 4.02. The number of benzene rings is 2. The van der Waals surface area contributed by atoms with Crippen LogP contribution in [0.1, 0.15) is 41.5 Å². The third kappa shape index (κ3) is 3.45. The van der Waals surface area contributed by atoms with E-state index in [9.17, 15) is 23.1 Å². The van der Waals surface area contributed by atoms with Gasteiger partial charge in [-0.2, -0.15) is 13.2 Å². The number of H-pyrrole nitrogens is 1. The lowest BCUT2D eigenvalue weighted by Gasteiger charge is -2.19. The quantitative estimate of drug-likeness (QED) is 0.747. The number of hydrogen-bond donors (Lipinski definition) is 1. The van der Waals surface area contributed by atoms with E-state index in [0.717, 1.165) is 35.0 Å². The van der Waals surface area contributed by atoms with Crippen LogP contribution in [-0.4, -0.2) is 11.0 Å². The summed E-state index contributed by atoms with van der Waals surface area (Å²) in [6.07, 6.45) is -2.42. The molecule has 3 nitrogen and oxygen atoms in total. The minimum absolute atomic E-state index is 0.298. The number of alkyl halides is 3. The zero-order chi connectivity index (χ0) is 18.9. The Bertz CT molecular complexity index is 944. The number of fused-ring (bicyclic) bond motifs is 1. The predicted molar refractivity (Wildman–Crippen MR) is 90.6 cm³/mol. The van der Waals surface area contributed by atoms with Crippen molar-refractivity contribution in [3.8, 4) is 0 Å². The summed E-state index contributed by atoms with van der Waals surface area (Å²) in [5, 5.41) is 12.1. The van der Waals surface area contributed by atoms with Crippen molar-refractivity contribution in [2.75, 3.05) is 0 Å². The highest BCUT2D eigenvalue weighted by Crippen LogP contribution is 2.37. The zero-order valence-electron chi connectivity index (χ0n) is 14.1. The Hall–Kier alpha value is -2.76. The molecule has 0 aliphatic heterocycles. The van der Waals surface area contributed by atoms with Crippen molar-refractivity contribution in [3.05, 3.63) is 70.9 Å². The van der Waals surface area contributed by atoms with E-state index in [1.165, 1.54) is 12.1 Å². The molecule has 0 amide bonds. The van der Waals surface area contributed by atoms with Gasteiger partial charge >= 0.3 is 6.18 Å². The molecule has 1 heterocycles. The average molecular weight is 360 g/mol. The molecule has 0 saturated carbocycles. The number of aliphatic carboxylic acids is 1. The highest BCUT2D eigenvalue weighted by atomic mass is 19.4. The molecule has 2 aromatic carbocycles. The largest absolute Gasteiger partial charge is 0.550 e. The van der Waals surface area contributed by atoms with Gasteiger partial charge in [0.15, 0.2) is 0 Å². The maximum Gasteiger partial charge on any atom is 0.416 e. The van der Waals surface area contributed by atoms with E-state index in [4.69, 9.17) is 0 Å². The van der Waals surface area contributed by atoms with Gasteiger partial charge in [-0.15, -0.1) is 0 Å². The van der Waals surface area contributed by atoms with Gasteiger partial charge in [-0.1, -0.05) is 43.3 Å². The molecule has 6 heteroatoms. The number of aromatic amines is 1. The van der Waals surface area contributed by atoms with E-state index < -0.39 is 30.0 Å². The van der Waals surface area contributed by atoms with Crippen molar-refractivity contribution in [1.29, 1.82) is 0 Å². The van der Waals surface area contributed by atoms with E-state index in [1.54, 1.807) is 6.20 Å². The van der Waals surface area contributed by atoms with Crippen LogP contribution < -0.4 is 5.11 Å². The fourth-order valence-electron chi connectivity index (χ4n) is 3.33. The van der Waals surface area contributed by atoms with E-state index >= 15 is 0 Å². The van der Waals surface area contributed by atoms with Crippen molar-refractivity contribution >= 4 is 16.9 Å². The first-order chi connectivity index (χ1) is 12.3. The third-order valence-corrected chi connectivity index (χ3v) is 4.58. The van der Waals surface area contributed by atoms with Crippen LogP contribution >= 0.6 is 0 Å². The van der Waals surface area contributed by atoms with Gasteiger partial charge in [0.25, 0.3) is 0 Å². The van der Waals surface area contributed by atoms with Crippen molar-refractivity contribution < 1.29 is 23.1 Å². The highest BCUT2D eigenvalue weighted by molar-refractivity contribution is 5.87. The second-order valence-electron chi connectivity index (χ2n) is 6.19. The summed E-state index contributed by atoms with van der Waals surface area (Å²) in [7, 11) is 0. The molecule has 26 heavy (non-hydrogen) atoms. The van der Waals surface area contributed by atoms with Gasteiger partial charge in [0.05, 0.1) is 5.56 Å². The Morgan fingerprint density at radius 2 is 1.92 bits per heavy atom. The number of rotatable bonds is 5. The standard InChI is InChI=1S/C20H18F3NO2/c1-2-12-5-4-8-15-17(11-24-19(12)15)16(10-18(25)26)13-6-3-7-14(9-13)20(21,22)23/h3-9,11,16,24H,2,10H2,1H3,(H,25,26)/p-1/t16-/m0/s1. The number of carboxylic acid groups (broad SMARTS) is 1. The van der Waals surface area contributed by atoms with Crippen LogP contribution in [0.3, 0.4) is 0 Å². The van der Waals surface area contributed by atoms with Crippen molar-refractivity contribution in [2.24, 2.45) is 0 Å². The van der Waals surface area contributed by atoms with Gasteiger partial charge in [0, 0.05) is 29.0 Å². The van der Waals surface area contributed by atoms with Crippen molar-refractivity contribution in [3.63, 3.8) is 0 Å². The molecule has 0 unspecified atom stereocenters. The summed E-state index contributed by atoms with van der Waals surface area (Å²) in [5.74, 6) is -2.04. The van der Waals surface area contributed by atoms with Gasteiger partial charge < -0.3 is 14.9 Å². The van der Waals surface area contributed by atoms with Gasteiger partial charge in [-0.05, 0) is 35.6 Å². The molecule has 1 atom stereocenters. The van der Waals surface area contributed by atoms with E-state index in [1.807, 2.05) is 25.1 Å². The number of nitrogens with one attached hydrogen (secondary N) is 1. The molecule has 0 radical (unpaired) electrons. The minimum atomic E-state index is -4.49. The molecule has 0 bridgehead atoms. The maximum absolute atomic E-state index is 13.1. The topological polar surface area (TPSA) is 55.9 Å². The Morgan fingerprint density at radius 1 is 1.19 bits per heavy atom. The van der Waals surface area contributed by atoms with Gasteiger partial charge in [-0.3, -0.25) is 0 Å². The Kier molecular flexibility index (Phi) is 4.76. The second-order valence-corrected chi connectivity index (χ2v) is 6.19. The van der Waals surface area contributed by atoms with Gasteiger partial charge in [0.1, 0.15) is 0 Å². The van der Waals surface area contributed by atoms with Crippen LogP contribution in [0.25, 0.3) is 10.9 Å². The lowest BCUT2D eigenvalue weighted by Crippen LogP contribution is -2.25. The van der Waals surface area contributed by atoms with Crippen LogP contribution in [0, 0.1) is 0 Å². The number of carboxylic acids is 1. The smallest absolute Gasteiger partial charge is 0.416 e. The lowest BCUT2D eigenvalue weighted by atomic mass is 9.87. The molecule has 0 saturated heterocycles. The molecular formula is C20H17F3NO2-. The molecule has 0 aliphatic carbocycles. The van der Waals surface area contributed by atoms with E-state index in [0.29, 0.717) is 11.1 Å². The van der Waals surface area contributed by atoms with E-state index in [2.05, 4.69) is 4.98 Å². The number of aromatic nitrogens is 1. The first kappa shape index (κ1) is 18.0. The number of carbonyl (C=O) groups excluding carboxylic acids is 1. The maximum atomic E-state index is 13.1. The molecule has 136 valence electrons. The monoisotopic (exact) mass is 360 g/mol. The summed E-state index contributed by atoms with van der Waals surface area (Å²) in [6.45, 7) is 2.00. The van der Waals surface area contributed by atoms with Crippen LogP contribution in [-0.2, 0) is 17.4 Å². The van der Waals surface area contributed by atoms with Gasteiger partial charge in [-0.25, -0.2) is 0 Å². The normalized spacial score (nSPS) is 13.1. The zero-order valence-corrected chi connectivity index (χ0v) is 14.1. The summed E-state index contributed by atoms with van der Waals surface area (Å²) in [6, 6.07) is 10.5. The molecule has 1 N–H and O–H groups in total. The van der Waals surface area contributed by atoms with Crippen LogP contribution in [0.2, 0.25) is 0 Å². The third-order valence-electron chi connectivity index (χ3n) is 4.58. The molecule has 3 rings (SSSR count). The Balaban J connectivity index is 2.15. The SMILES string of the molecule is CCc1cccc2c([C@@H](CC(=O)[O-])c3cccc(C(F)(F)F)c3)c[nH]c12. The molecule has 3 aromatic rings. The van der Waals surface area contributed by atoms with Crippen LogP contribution in [0.5, 0.6) is 0 Å². The summed E-state index contributed by atoms with van der Waals surface area (Å²) >= 11 is 0. The number of halogens is 3. The number of hydrogen-bond acceptors (Lipinski definition) is 2. The molecule has 0 spiro atoms. The fourth-order valence-corrected chi connectivity index (χ4v) is 3.33. The Morgan fingerprint density at radius 3 is 2.58 bits per heavy atom. The minimum Gasteiger partial charge on any atom is -0.550 e. The number of carbonyl (C=O) groups is 1. The molecule has 0 fully saturated rings. The fraction of sp³-hybridized carbons (Fsp3) is 0.250. The van der Waals surface area contributed by atoms with Crippen LogP contribution in [0.15, 0.2) is 48.7 Å². The van der Waals surface area contributed by atoms with E-state index in [-0.39, 0.29) is 0 Å². The average Bonchev–Trinajstić information content (AvgIpc) is 3.02. The second kappa shape index (κ2) is 6.86. The molecular weight excluding hydrogens is 343 g/mol. The van der Waals surface area contributed by atoms with Crippen molar-refractivity contribution in [2.45, 2.75) is 31.9 Å². The summed E-state index contributed by atoms with van der Waals surface area (Å²) in [4.78, 5) is 14.4. The first-order valence-electron chi connectivity index (χ1n) is 8.27. The lowest BCUT2D eigenvalue weighted by molar-refractivity contribution is -0.305. The summed E-state index contributed by atoms with van der Waals surface area (Å²) < 4.78 is 39.2. The van der Waals surface area contributed by atoms with Crippen molar-refractivity contribution in [1.82, 2.24) is 4.98 Å². The Labute approximate surface area is 148 Å².